The number of methoxy groups -OCH3 is 1. The Kier molecular flexibility index (Phi) is 7.10. The van der Waals surface area contributed by atoms with Crippen LogP contribution >= 0.6 is 0 Å². The van der Waals surface area contributed by atoms with Crippen LogP contribution in [0.4, 0.5) is 18.9 Å². The number of halogens is 3. The van der Waals surface area contributed by atoms with Crippen molar-refractivity contribution in [3.63, 3.8) is 0 Å². The molecule has 3 heterocycles. The molecule has 1 aliphatic heterocycles. The third-order valence-corrected chi connectivity index (χ3v) is 7.73. The molecule has 1 unspecified atom stereocenters. The number of sulfonamides is 1. The van der Waals surface area contributed by atoms with Crippen LogP contribution in [0.25, 0.3) is 17.0 Å². The summed E-state index contributed by atoms with van der Waals surface area (Å²) in [6.45, 7) is 1.29. The fraction of sp³-hybridized carbons (Fsp3) is 0.280. The molecule has 40 heavy (non-hydrogen) atoms. The van der Waals surface area contributed by atoms with Crippen molar-refractivity contribution in [2.45, 2.75) is 30.5 Å². The zero-order valence-corrected chi connectivity index (χ0v) is 22.0. The van der Waals surface area contributed by atoms with Crippen LogP contribution in [0.1, 0.15) is 12.5 Å². The van der Waals surface area contributed by atoms with Gasteiger partial charge in [-0.1, -0.05) is 12.1 Å². The smallest absolute Gasteiger partial charge is 0.471 e. The Morgan fingerprint density at radius 1 is 1.12 bits per heavy atom. The number of aromatic nitrogens is 4. The highest BCUT2D eigenvalue weighted by molar-refractivity contribution is 7.89. The van der Waals surface area contributed by atoms with Gasteiger partial charge in [0, 0.05) is 24.3 Å². The minimum atomic E-state index is -5.04. The normalized spacial score (nSPS) is 15.3. The molecule has 0 saturated carbocycles. The number of rotatable bonds is 8. The van der Waals surface area contributed by atoms with Crippen LogP contribution in [-0.4, -0.2) is 66.6 Å². The molecule has 2 aromatic heterocycles. The summed E-state index contributed by atoms with van der Waals surface area (Å²) in [6, 6.07) is 13.3. The molecule has 0 spiro atoms. The summed E-state index contributed by atoms with van der Waals surface area (Å²) in [5.74, 6) is -0.776. The van der Waals surface area contributed by atoms with E-state index in [4.69, 9.17) is 9.47 Å². The number of hydrogen-bond donors (Lipinski definition) is 1. The zero-order valence-electron chi connectivity index (χ0n) is 21.2. The lowest BCUT2D eigenvalue weighted by atomic mass is 10.1. The maximum atomic E-state index is 13.0. The lowest BCUT2D eigenvalue weighted by Crippen LogP contribution is -2.44. The van der Waals surface area contributed by atoms with E-state index in [1.54, 1.807) is 18.2 Å². The number of benzene rings is 2. The van der Waals surface area contributed by atoms with Crippen LogP contribution in [0, 0.1) is 0 Å². The molecule has 4 aromatic rings. The van der Waals surface area contributed by atoms with Crippen molar-refractivity contribution in [3.05, 3.63) is 60.2 Å². The van der Waals surface area contributed by atoms with Gasteiger partial charge >= 0.3 is 12.1 Å². The summed E-state index contributed by atoms with van der Waals surface area (Å²) < 4.78 is 79.5. The van der Waals surface area contributed by atoms with E-state index >= 15 is 0 Å². The number of para-hydroxylation sites is 1. The number of carbonyl (C=O) groups excluding carboxylic acids is 1. The quantitative estimate of drug-likeness (QED) is 0.317. The van der Waals surface area contributed by atoms with Crippen LogP contribution in [0.2, 0.25) is 0 Å². The van der Waals surface area contributed by atoms with E-state index in [1.807, 2.05) is 18.2 Å². The second-order valence-corrected chi connectivity index (χ2v) is 10.7. The summed E-state index contributed by atoms with van der Waals surface area (Å²) in [7, 11) is -2.47. The fourth-order valence-corrected chi connectivity index (χ4v) is 5.55. The number of alkyl halides is 3. The van der Waals surface area contributed by atoms with E-state index in [1.165, 1.54) is 30.7 Å². The second kappa shape index (κ2) is 10.4. The van der Waals surface area contributed by atoms with E-state index in [9.17, 15) is 26.4 Å². The number of nitrogens with zero attached hydrogens (tertiary/aromatic N) is 5. The Labute approximate surface area is 226 Å². The third kappa shape index (κ3) is 5.16. The molecular formula is C25H23F3N6O5S. The van der Waals surface area contributed by atoms with E-state index in [0.29, 0.717) is 33.2 Å². The van der Waals surface area contributed by atoms with Gasteiger partial charge < -0.3 is 14.4 Å². The molecule has 0 radical (unpaired) electrons. The maximum absolute atomic E-state index is 13.0. The number of carbonyl (C=O) groups is 1. The SMILES string of the molecule is COc1ccccc1-c1nnc2ccc(OCCNS(=O)(=O)c3ccc4c(c3)CC(C)N4C(=O)C(F)(F)F)nn12. The van der Waals surface area contributed by atoms with Crippen molar-refractivity contribution in [3.8, 4) is 23.0 Å². The Morgan fingerprint density at radius 2 is 1.90 bits per heavy atom. The molecule has 210 valence electrons. The summed E-state index contributed by atoms with van der Waals surface area (Å²) in [5.41, 5.74) is 1.52. The van der Waals surface area contributed by atoms with Crippen LogP contribution in [0.15, 0.2) is 59.5 Å². The largest absolute Gasteiger partial charge is 0.496 e. The highest BCUT2D eigenvalue weighted by Gasteiger charge is 2.47. The molecule has 1 amide bonds. The number of nitrogens with one attached hydrogen (secondary N) is 1. The predicted molar refractivity (Wildman–Crippen MR) is 137 cm³/mol. The van der Waals surface area contributed by atoms with Gasteiger partial charge in [-0.15, -0.1) is 15.3 Å². The van der Waals surface area contributed by atoms with E-state index < -0.39 is 28.1 Å². The van der Waals surface area contributed by atoms with Crippen molar-refractivity contribution in [2.75, 3.05) is 25.2 Å². The summed E-state index contributed by atoms with van der Waals surface area (Å²) >= 11 is 0. The Balaban J connectivity index is 1.25. The number of amides is 1. The van der Waals surface area contributed by atoms with E-state index in [-0.39, 0.29) is 36.0 Å². The number of fused-ring (bicyclic) bond motifs is 2. The number of hydrogen-bond acceptors (Lipinski definition) is 8. The van der Waals surface area contributed by atoms with Crippen molar-refractivity contribution in [1.82, 2.24) is 24.5 Å². The highest BCUT2D eigenvalue weighted by atomic mass is 32.2. The van der Waals surface area contributed by atoms with Gasteiger partial charge in [-0.2, -0.15) is 17.7 Å². The average molecular weight is 577 g/mol. The first-order valence-corrected chi connectivity index (χ1v) is 13.5. The monoisotopic (exact) mass is 576 g/mol. The van der Waals surface area contributed by atoms with Crippen LogP contribution < -0.4 is 19.1 Å². The van der Waals surface area contributed by atoms with Gasteiger partial charge in [0.05, 0.1) is 17.6 Å². The Morgan fingerprint density at radius 3 is 2.65 bits per heavy atom. The molecule has 2 aromatic carbocycles. The molecular weight excluding hydrogens is 553 g/mol. The maximum Gasteiger partial charge on any atom is 0.471 e. The third-order valence-electron chi connectivity index (χ3n) is 6.27. The number of ether oxygens (including phenoxy) is 2. The standard InChI is InChI=1S/C25H23F3N6O5S/c1-15-13-16-14-17(7-8-19(16)33(15)24(35)25(26,27)28)40(36,37)29-11-12-39-22-10-9-21-30-31-23(34(21)32-22)18-5-3-4-6-20(18)38-2/h3-10,14-15,29H,11-13H2,1-2H3. The molecule has 5 rings (SSSR count). The lowest BCUT2D eigenvalue weighted by molar-refractivity contribution is -0.170. The van der Waals surface area contributed by atoms with Gasteiger partial charge in [0.15, 0.2) is 11.5 Å². The van der Waals surface area contributed by atoms with E-state index in [0.717, 1.165) is 6.07 Å². The molecule has 1 N–H and O–H groups in total. The van der Waals surface area contributed by atoms with Crippen molar-refractivity contribution < 1.29 is 35.9 Å². The van der Waals surface area contributed by atoms with E-state index in [2.05, 4.69) is 20.0 Å². The fourth-order valence-electron chi connectivity index (χ4n) is 4.48. The zero-order chi connectivity index (χ0) is 28.7. The molecule has 0 saturated heterocycles. The van der Waals surface area contributed by atoms with Gasteiger partial charge in [-0.05, 0) is 55.3 Å². The Bertz CT molecular complexity index is 1690. The van der Waals surface area contributed by atoms with Crippen molar-refractivity contribution in [2.24, 2.45) is 0 Å². The Hall–Kier alpha value is -4.24. The molecule has 1 aliphatic rings. The van der Waals surface area contributed by atoms with Gasteiger partial charge in [0.2, 0.25) is 15.9 Å². The first-order valence-electron chi connectivity index (χ1n) is 12.0. The van der Waals surface area contributed by atoms with Gasteiger partial charge in [0.1, 0.15) is 12.4 Å². The molecule has 11 nitrogen and oxygen atoms in total. The highest BCUT2D eigenvalue weighted by Crippen LogP contribution is 2.36. The van der Waals surface area contributed by atoms with Crippen molar-refractivity contribution >= 4 is 27.3 Å². The predicted octanol–water partition coefficient (Wildman–Crippen LogP) is 3.00. The van der Waals surface area contributed by atoms with Crippen LogP contribution in [-0.2, 0) is 21.2 Å². The average Bonchev–Trinajstić information content (AvgIpc) is 3.49. The van der Waals surface area contributed by atoms with Gasteiger partial charge in [-0.25, -0.2) is 13.1 Å². The number of anilines is 1. The summed E-state index contributed by atoms with van der Waals surface area (Å²) in [4.78, 5) is 12.3. The second-order valence-electron chi connectivity index (χ2n) is 8.93. The first kappa shape index (κ1) is 27.3. The molecule has 1 atom stereocenters. The van der Waals surface area contributed by atoms with Gasteiger partial charge in [-0.3, -0.25) is 4.79 Å². The van der Waals surface area contributed by atoms with Crippen LogP contribution in [0.3, 0.4) is 0 Å². The molecule has 15 heteroatoms. The summed E-state index contributed by atoms with van der Waals surface area (Å²) in [6.07, 6.45) is -4.94. The topological polar surface area (TPSA) is 128 Å². The van der Waals surface area contributed by atoms with Crippen molar-refractivity contribution in [1.29, 1.82) is 0 Å². The minimum Gasteiger partial charge on any atom is -0.496 e. The lowest BCUT2D eigenvalue weighted by Gasteiger charge is -2.23. The van der Waals surface area contributed by atoms with Gasteiger partial charge in [0.25, 0.3) is 0 Å². The molecule has 0 fully saturated rings. The van der Waals surface area contributed by atoms with Crippen LogP contribution in [0.5, 0.6) is 11.6 Å². The first-order chi connectivity index (χ1) is 19.0. The molecule has 0 bridgehead atoms. The molecule has 0 aliphatic carbocycles. The summed E-state index contributed by atoms with van der Waals surface area (Å²) in [5, 5.41) is 12.7. The minimum absolute atomic E-state index is 0.0417.